The molecule has 3 aromatic rings. The van der Waals surface area contributed by atoms with E-state index in [1.54, 1.807) is 29.2 Å². The van der Waals surface area contributed by atoms with Gasteiger partial charge < -0.3 is 4.74 Å². The summed E-state index contributed by atoms with van der Waals surface area (Å²) in [6.07, 6.45) is 0.752. The number of thiazole rings is 1. The maximum atomic E-state index is 13.6. The Hall–Kier alpha value is -3.14. The molecule has 0 spiro atoms. The fraction of sp³-hybridized carbons (Fsp3) is 0.385. The molecule has 1 aromatic heterocycles. The fourth-order valence-electron chi connectivity index (χ4n) is 4.54. The SMILES string of the molecule is Cc1ccc2sc(N(CCCN3CCOCC3)C(=O)CN3C(=O)c4ccccc4C3=O)nc2c1C. The molecule has 1 saturated heterocycles. The molecule has 8 nitrogen and oxygen atoms in total. The lowest BCUT2D eigenvalue weighted by molar-refractivity contribution is -0.119. The summed E-state index contributed by atoms with van der Waals surface area (Å²) in [5.41, 5.74) is 3.80. The molecule has 1 fully saturated rings. The van der Waals surface area contributed by atoms with Crippen LogP contribution in [0.1, 0.15) is 38.3 Å². The molecule has 3 heterocycles. The molecule has 0 aliphatic carbocycles. The third-order valence-electron chi connectivity index (χ3n) is 6.74. The van der Waals surface area contributed by atoms with Crippen LogP contribution in [0.25, 0.3) is 10.2 Å². The number of benzene rings is 2. The summed E-state index contributed by atoms with van der Waals surface area (Å²) in [6, 6.07) is 10.8. The average molecular weight is 493 g/mol. The second-order valence-electron chi connectivity index (χ2n) is 8.95. The highest BCUT2D eigenvalue weighted by atomic mass is 32.1. The number of rotatable bonds is 7. The standard InChI is InChI=1S/C26H28N4O4S/c1-17-8-9-21-23(18(17)2)27-26(35-21)29(11-5-10-28-12-14-34-15-13-28)22(31)16-30-24(32)19-6-3-4-7-20(19)25(30)33/h3-4,6-9H,5,10-16H2,1-2H3. The summed E-state index contributed by atoms with van der Waals surface area (Å²) in [6.45, 7) is 8.26. The molecule has 0 radical (unpaired) electrons. The van der Waals surface area contributed by atoms with Crippen molar-refractivity contribution < 1.29 is 19.1 Å². The van der Waals surface area contributed by atoms with Crippen molar-refractivity contribution in [2.75, 3.05) is 50.8 Å². The summed E-state index contributed by atoms with van der Waals surface area (Å²) in [4.78, 5) is 49.1. The first-order valence-electron chi connectivity index (χ1n) is 11.9. The van der Waals surface area contributed by atoms with Crippen molar-refractivity contribution in [1.29, 1.82) is 0 Å². The number of nitrogens with zero attached hydrogens (tertiary/aromatic N) is 4. The van der Waals surface area contributed by atoms with Crippen LogP contribution in [0.2, 0.25) is 0 Å². The number of morpholine rings is 1. The minimum atomic E-state index is -0.428. The molecule has 182 valence electrons. The Bertz CT molecular complexity index is 1260. The number of imide groups is 1. The summed E-state index contributed by atoms with van der Waals surface area (Å²) in [7, 11) is 0. The topological polar surface area (TPSA) is 83.0 Å². The molecule has 5 rings (SSSR count). The van der Waals surface area contributed by atoms with Gasteiger partial charge in [0.1, 0.15) is 6.54 Å². The average Bonchev–Trinajstić information content (AvgIpc) is 3.41. The van der Waals surface area contributed by atoms with E-state index in [1.807, 2.05) is 19.9 Å². The van der Waals surface area contributed by atoms with Gasteiger partial charge in [0.15, 0.2) is 5.13 Å². The monoisotopic (exact) mass is 492 g/mol. The Labute approximate surface area is 208 Å². The van der Waals surface area contributed by atoms with Crippen molar-refractivity contribution in [1.82, 2.24) is 14.8 Å². The molecular formula is C26H28N4O4S. The third kappa shape index (κ3) is 4.59. The van der Waals surface area contributed by atoms with Crippen molar-refractivity contribution in [3.8, 4) is 0 Å². The number of amides is 3. The minimum Gasteiger partial charge on any atom is -0.379 e. The van der Waals surface area contributed by atoms with Gasteiger partial charge >= 0.3 is 0 Å². The van der Waals surface area contributed by atoms with E-state index in [0.717, 1.165) is 65.5 Å². The van der Waals surface area contributed by atoms with Crippen molar-refractivity contribution >= 4 is 44.4 Å². The predicted octanol–water partition coefficient (Wildman–Crippen LogP) is 3.26. The van der Waals surface area contributed by atoms with Gasteiger partial charge in [0.2, 0.25) is 5.91 Å². The lowest BCUT2D eigenvalue weighted by Crippen LogP contribution is -2.44. The molecule has 9 heteroatoms. The highest BCUT2D eigenvalue weighted by Gasteiger charge is 2.37. The van der Waals surface area contributed by atoms with Crippen LogP contribution in [0.5, 0.6) is 0 Å². The number of aromatic nitrogens is 1. The second kappa shape index (κ2) is 9.85. The van der Waals surface area contributed by atoms with Crippen LogP contribution >= 0.6 is 11.3 Å². The Morgan fingerprint density at radius 1 is 1.06 bits per heavy atom. The van der Waals surface area contributed by atoms with Crippen molar-refractivity contribution in [2.45, 2.75) is 20.3 Å². The molecule has 2 aliphatic heterocycles. The maximum Gasteiger partial charge on any atom is 0.262 e. The number of anilines is 1. The number of hydrogen-bond acceptors (Lipinski definition) is 7. The molecule has 2 aliphatic rings. The van der Waals surface area contributed by atoms with Crippen molar-refractivity contribution in [3.05, 3.63) is 58.7 Å². The zero-order valence-corrected chi connectivity index (χ0v) is 20.8. The zero-order chi connectivity index (χ0) is 24.5. The van der Waals surface area contributed by atoms with Crippen LogP contribution in [-0.2, 0) is 9.53 Å². The van der Waals surface area contributed by atoms with Gasteiger partial charge in [-0.1, -0.05) is 29.5 Å². The maximum absolute atomic E-state index is 13.6. The Kier molecular flexibility index (Phi) is 6.64. The first kappa shape index (κ1) is 23.6. The first-order valence-corrected chi connectivity index (χ1v) is 12.7. The molecule has 0 bridgehead atoms. The van der Waals surface area contributed by atoms with Crippen molar-refractivity contribution in [2.24, 2.45) is 0 Å². The quantitative estimate of drug-likeness (QED) is 0.471. The molecule has 3 amide bonds. The minimum absolute atomic E-state index is 0.308. The van der Waals surface area contributed by atoms with E-state index in [2.05, 4.69) is 11.0 Å². The van der Waals surface area contributed by atoms with Gasteiger partial charge in [0, 0.05) is 26.2 Å². The molecule has 0 saturated carbocycles. The predicted molar refractivity (Wildman–Crippen MR) is 135 cm³/mol. The van der Waals surface area contributed by atoms with Crippen LogP contribution < -0.4 is 4.90 Å². The van der Waals surface area contributed by atoms with Gasteiger partial charge in [-0.05, 0) is 49.6 Å². The second-order valence-corrected chi connectivity index (χ2v) is 9.95. The van der Waals surface area contributed by atoms with Gasteiger partial charge in [-0.25, -0.2) is 4.98 Å². The van der Waals surface area contributed by atoms with E-state index in [4.69, 9.17) is 9.72 Å². The van der Waals surface area contributed by atoms with Gasteiger partial charge in [0.25, 0.3) is 11.8 Å². The number of hydrogen-bond donors (Lipinski definition) is 0. The van der Waals surface area contributed by atoms with Crippen LogP contribution in [0, 0.1) is 13.8 Å². The summed E-state index contributed by atoms with van der Waals surface area (Å²) < 4.78 is 6.44. The van der Waals surface area contributed by atoms with E-state index in [-0.39, 0.29) is 12.5 Å². The lowest BCUT2D eigenvalue weighted by atomic mass is 10.1. The van der Waals surface area contributed by atoms with Crippen LogP contribution in [0.3, 0.4) is 0 Å². The molecule has 2 aromatic carbocycles. The number of ether oxygens (including phenoxy) is 1. The smallest absolute Gasteiger partial charge is 0.262 e. The highest BCUT2D eigenvalue weighted by molar-refractivity contribution is 7.22. The fourth-order valence-corrected chi connectivity index (χ4v) is 5.61. The molecule has 0 unspecified atom stereocenters. The van der Waals surface area contributed by atoms with E-state index < -0.39 is 11.8 Å². The summed E-state index contributed by atoms with van der Waals surface area (Å²) >= 11 is 1.46. The van der Waals surface area contributed by atoms with E-state index >= 15 is 0 Å². The number of carbonyl (C=O) groups excluding carboxylic acids is 3. The number of fused-ring (bicyclic) bond motifs is 2. The first-order chi connectivity index (χ1) is 16.9. The molecule has 0 N–H and O–H groups in total. The molecule has 35 heavy (non-hydrogen) atoms. The highest BCUT2D eigenvalue weighted by Crippen LogP contribution is 2.32. The summed E-state index contributed by atoms with van der Waals surface area (Å²) in [5.74, 6) is -1.17. The van der Waals surface area contributed by atoms with Crippen molar-refractivity contribution in [3.63, 3.8) is 0 Å². The molecule has 0 atom stereocenters. The van der Waals surface area contributed by atoms with Gasteiger partial charge in [-0.3, -0.25) is 29.1 Å². The lowest BCUT2D eigenvalue weighted by Gasteiger charge is -2.28. The molecular weight excluding hydrogens is 464 g/mol. The van der Waals surface area contributed by atoms with Crippen LogP contribution in [0.15, 0.2) is 36.4 Å². The third-order valence-corrected chi connectivity index (χ3v) is 7.78. The van der Waals surface area contributed by atoms with E-state index in [1.165, 1.54) is 11.3 Å². The van der Waals surface area contributed by atoms with Gasteiger partial charge in [0.05, 0.1) is 34.6 Å². The largest absolute Gasteiger partial charge is 0.379 e. The number of aryl methyl sites for hydroxylation is 2. The van der Waals surface area contributed by atoms with Gasteiger partial charge in [-0.2, -0.15) is 0 Å². The van der Waals surface area contributed by atoms with E-state index in [0.29, 0.717) is 22.8 Å². The Morgan fingerprint density at radius 2 is 1.74 bits per heavy atom. The van der Waals surface area contributed by atoms with E-state index in [9.17, 15) is 14.4 Å². The van der Waals surface area contributed by atoms with Gasteiger partial charge in [-0.15, -0.1) is 0 Å². The normalized spacial score (nSPS) is 16.2. The number of carbonyl (C=O) groups is 3. The van der Waals surface area contributed by atoms with Crippen LogP contribution in [0.4, 0.5) is 5.13 Å². The zero-order valence-electron chi connectivity index (χ0n) is 20.0. The summed E-state index contributed by atoms with van der Waals surface area (Å²) in [5, 5.41) is 0.595. The Morgan fingerprint density at radius 3 is 2.43 bits per heavy atom. The Balaban J connectivity index is 1.38. The van der Waals surface area contributed by atoms with Crippen LogP contribution in [-0.4, -0.2) is 78.4 Å².